The summed E-state index contributed by atoms with van der Waals surface area (Å²) in [6.45, 7) is 7.87. The maximum Gasteiger partial charge on any atom is 0.198 e. The molecule has 0 amide bonds. The second-order valence-electron chi connectivity index (χ2n) is 11.2. The van der Waals surface area contributed by atoms with Gasteiger partial charge >= 0.3 is 0 Å². The van der Waals surface area contributed by atoms with Crippen LogP contribution in [0.3, 0.4) is 0 Å². The molecule has 0 aromatic heterocycles. The number of amidine groups is 1. The largest absolute Gasteiger partial charge is 0.393 e. The monoisotopic (exact) mass is 474 g/mol. The number of aliphatic imine (C=N–C) groups is 2. The lowest BCUT2D eigenvalue weighted by atomic mass is 9.82. The zero-order valence-corrected chi connectivity index (χ0v) is 20.4. The molecule has 1 heterocycles. The molecular weight excluding hydrogens is 438 g/mol. The first kappa shape index (κ1) is 24.6. The lowest BCUT2D eigenvalue weighted by Gasteiger charge is -2.33. The van der Waals surface area contributed by atoms with Gasteiger partial charge in [0.1, 0.15) is 17.3 Å². The van der Waals surface area contributed by atoms with Crippen LogP contribution in [0.5, 0.6) is 0 Å². The topological polar surface area (TPSA) is 107 Å². The fourth-order valence-corrected chi connectivity index (χ4v) is 4.93. The zero-order valence-electron chi connectivity index (χ0n) is 20.4. The number of halogens is 2. The molecule has 9 heteroatoms. The van der Waals surface area contributed by atoms with Crippen molar-refractivity contribution in [3.8, 4) is 0 Å². The van der Waals surface area contributed by atoms with Crippen LogP contribution in [0.2, 0.25) is 0 Å². The van der Waals surface area contributed by atoms with Crippen LogP contribution in [0.25, 0.3) is 0 Å². The molecule has 4 rings (SSSR count). The van der Waals surface area contributed by atoms with E-state index in [1.807, 2.05) is 20.8 Å². The van der Waals surface area contributed by atoms with Crippen molar-refractivity contribution in [2.45, 2.75) is 83.5 Å². The molecule has 1 aromatic carbocycles. The number of nitrogens with one attached hydrogen (secondary N) is 3. The molecule has 2 saturated carbocycles. The molecule has 1 spiro atoms. The van der Waals surface area contributed by atoms with Crippen LogP contribution < -0.4 is 21.7 Å². The summed E-state index contributed by atoms with van der Waals surface area (Å²) in [5.41, 5.74) is 6.15. The molecule has 0 radical (unpaired) electrons. The SMILES string of the molecule is CC(C)(C)NC1=NC(C)(N)C(NC(CC2CC23CCC(O)CC3)=Nc2ccc(F)cc2F)=CN1. The van der Waals surface area contributed by atoms with Gasteiger partial charge in [-0.25, -0.2) is 18.8 Å². The first-order valence-electron chi connectivity index (χ1n) is 12.0. The van der Waals surface area contributed by atoms with Gasteiger partial charge in [-0.15, -0.1) is 0 Å². The molecule has 2 atom stereocenters. The average molecular weight is 475 g/mol. The summed E-state index contributed by atoms with van der Waals surface area (Å²) in [6, 6.07) is 3.37. The second-order valence-corrected chi connectivity index (χ2v) is 11.2. The van der Waals surface area contributed by atoms with Crippen LogP contribution in [-0.4, -0.2) is 34.2 Å². The zero-order chi connectivity index (χ0) is 24.7. The van der Waals surface area contributed by atoms with Gasteiger partial charge in [-0.1, -0.05) is 0 Å². The quantitative estimate of drug-likeness (QED) is 0.337. The van der Waals surface area contributed by atoms with Crippen molar-refractivity contribution < 1.29 is 13.9 Å². The van der Waals surface area contributed by atoms with E-state index in [4.69, 9.17) is 5.73 Å². The minimum absolute atomic E-state index is 0.0688. The van der Waals surface area contributed by atoms with E-state index >= 15 is 0 Å². The lowest BCUT2D eigenvalue weighted by Crippen LogP contribution is -2.54. The third-order valence-corrected chi connectivity index (χ3v) is 6.93. The summed E-state index contributed by atoms with van der Waals surface area (Å²) >= 11 is 0. The predicted molar refractivity (Wildman–Crippen MR) is 130 cm³/mol. The average Bonchev–Trinajstić information content (AvgIpc) is 3.38. The Morgan fingerprint density at radius 1 is 1.29 bits per heavy atom. The number of hydrogen-bond acceptors (Lipinski definition) is 6. The van der Waals surface area contributed by atoms with Crippen LogP contribution in [0.4, 0.5) is 14.5 Å². The van der Waals surface area contributed by atoms with Gasteiger partial charge in [-0.2, -0.15) is 0 Å². The van der Waals surface area contributed by atoms with Gasteiger partial charge in [0.2, 0.25) is 0 Å². The molecule has 3 aliphatic rings. The van der Waals surface area contributed by atoms with Gasteiger partial charge in [-0.3, -0.25) is 0 Å². The van der Waals surface area contributed by atoms with Gasteiger partial charge in [0.15, 0.2) is 17.4 Å². The Morgan fingerprint density at radius 2 is 2.00 bits per heavy atom. The maximum absolute atomic E-state index is 14.4. The number of rotatable bonds is 4. The van der Waals surface area contributed by atoms with E-state index in [1.165, 1.54) is 12.1 Å². The van der Waals surface area contributed by atoms with Crippen molar-refractivity contribution in [3.63, 3.8) is 0 Å². The number of nitrogens with zero attached hydrogens (tertiary/aromatic N) is 2. The summed E-state index contributed by atoms with van der Waals surface area (Å²) in [4.78, 5) is 9.13. The van der Waals surface area contributed by atoms with Crippen LogP contribution in [0.1, 0.15) is 66.2 Å². The molecule has 0 saturated heterocycles. The summed E-state index contributed by atoms with van der Waals surface area (Å²) in [5.74, 6) is 0.151. The fourth-order valence-electron chi connectivity index (χ4n) is 4.93. The Kier molecular flexibility index (Phi) is 6.46. The van der Waals surface area contributed by atoms with Crippen molar-refractivity contribution in [2.75, 3.05) is 0 Å². The summed E-state index contributed by atoms with van der Waals surface area (Å²) in [5, 5.41) is 19.6. The molecule has 2 aliphatic carbocycles. The van der Waals surface area contributed by atoms with Gasteiger partial charge in [0.25, 0.3) is 0 Å². The summed E-state index contributed by atoms with van der Waals surface area (Å²) in [7, 11) is 0. The van der Waals surface area contributed by atoms with Crippen molar-refractivity contribution in [2.24, 2.45) is 27.1 Å². The Hall–Kier alpha value is -2.52. The van der Waals surface area contributed by atoms with E-state index in [9.17, 15) is 13.9 Å². The summed E-state index contributed by atoms with van der Waals surface area (Å²) in [6.07, 6.45) is 6.81. The number of nitrogens with two attached hydrogens (primary N) is 1. The van der Waals surface area contributed by atoms with E-state index in [0.29, 0.717) is 29.8 Å². The predicted octanol–water partition coefficient (Wildman–Crippen LogP) is 3.78. The van der Waals surface area contributed by atoms with Crippen molar-refractivity contribution in [3.05, 3.63) is 41.7 Å². The molecule has 6 N–H and O–H groups in total. The highest BCUT2D eigenvalue weighted by molar-refractivity contribution is 5.88. The highest BCUT2D eigenvalue weighted by Gasteiger charge is 2.54. The van der Waals surface area contributed by atoms with E-state index < -0.39 is 17.3 Å². The molecule has 1 aromatic rings. The Balaban J connectivity index is 1.55. The van der Waals surface area contributed by atoms with E-state index in [0.717, 1.165) is 38.2 Å². The molecule has 186 valence electrons. The highest BCUT2D eigenvalue weighted by Crippen LogP contribution is 2.62. The minimum atomic E-state index is -1.06. The standard InChI is InChI=1S/C25H36F2N6O/c1-23(2,3)32-22-29-14-20(24(4,28)33-22)31-21(30-19-6-5-16(26)12-18(19)27)11-15-13-25(15)9-7-17(34)8-10-25/h5-6,12,14-15,17,34H,7-11,13,28H2,1-4H3,(H,30,31)(H2,29,32,33). The molecular formula is C25H36F2N6O. The van der Waals surface area contributed by atoms with Gasteiger partial charge in [0, 0.05) is 24.2 Å². The molecule has 1 aliphatic heterocycles. The van der Waals surface area contributed by atoms with E-state index in [1.54, 1.807) is 13.1 Å². The van der Waals surface area contributed by atoms with Crippen molar-refractivity contribution in [1.29, 1.82) is 0 Å². The Bertz CT molecular complexity index is 1020. The number of guanidine groups is 1. The molecule has 34 heavy (non-hydrogen) atoms. The van der Waals surface area contributed by atoms with Crippen LogP contribution >= 0.6 is 0 Å². The van der Waals surface area contributed by atoms with Crippen LogP contribution in [0, 0.1) is 23.0 Å². The highest BCUT2D eigenvalue weighted by atomic mass is 19.1. The first-order chi connectivity index (χ1) is 15.9. The third kappa shape index (κ3) is 5.75. The van der Waals surface area contributed by atoms with Gasteiger partial charge in [0.05, 0.1) is 11.8 Å². The van der Waals surface area contributed by atoms with Crippen molar-refractivity contribution in [1.82, 2.24) is 16.0 Å². The molecule has 7 nitrogen and oxygen atoms in total. The number of hydrogen-bond donors (Lipinski definition) is 5. The maximum atomic E-state index is 14.4. The van der Waals surface area contributed by atoms with Crippen LogP contribution in [-0.2, 0) is 0 Å². The lowest BCUT2D eigenvalue weighted by molar-refractivity contribution is 0.0974. The van der Waals surface area contributed by atoms with Crippen LogP contribution in [0.15, 0.2) is 40.1 Å². The molecule has 0 bridgehead atoms. The van der Waals surface area contributed by atoms with Gasteiger partial charge in [-0.05, 0) is 83.3 Å². The molecule has 2 unspecified atom stereocenters. The fraction of sp³-hybridized carbons (Fsp3) is 0.600. The first-order valence-corrected chi connectivity index (χ1v) is 12.0. The number of aliphatic hydroxyl groups excluding tert-OH is 1. The van der Waals surface area contributed by atoms with Crippen molar-refractivity contribution >= 4 is 17.5 Å². The van der Waals surface area contributed by atoms with E-state index in [-0.39, 0.29) is 22.7 Å². The Labute approximate surface area is 200 Å². The van der Waals surface area contributed by atoms with E-state index in [2.05, 4.69) is 25.9 Å². The van der Waals surface area contributed by atoms with Gasteiger partial charge < -0.3 is 26.8 Å². The minimum Gasteiger partial charge on any atom is -0.393 e. The normalized spacial score (nSPS) is 31.5. The summed E-state index contributed by atoms with van der Waals surface area (Å²) < 4.78 is 27.8. The molecule has 2 fully saturated rings. The smallest absolute Gasteiger partial charge is 0.198 e. The third-order valence-electron chi connectivity index (χ3n) is 6.93. The Morgan fingerprint density at radius 3 is 2.62 bits per heavy atom. The second kappa shape index (κ2) is 8.92. The number of benzene rings is 1. The number of aliphatic hydroxyl groups is 1.